The molecule has 2 heterocycles. The van der Waals surface area contributed by atoms with Crippen LogP contribution in [0.5, 0.6) is 11.5 Å². The highest BCUT2D eigenvalue weighted by atomic mass is 19.3. The van der Waals surface area contributed by atoms with E-state index in [1.807, 2.05) is 10.6 Å². The third kappa shape index (κ3) is 3.70. The van der Waals surface area contributed by atoms with E-state index in [1.165, 1.54) is 18.2 Å². The Morgan fingerprint density at radius 3 is 2.50 bits per heavy atom. The number of ether oxygens (including phenoxy) is 2. The topological polar surface area (TPSA) is 93.0 Å². The molecule has 1 aromatic heterocycles. The number of carbonyl (C=O) groups excluding carboxylic acids is 1. The molecule has 2 fully saturated rings. The van der Waals surface area contributed by atoms with Gasteiger partial charge in [0.1, 0.15) is 5.82 Å². The molecule has 0 unspecified atom stereocenters. The number of carbonyl (C=O) groups is 1. The lowest BCUT2D eigenvalue weighted by Gasteiger charge is -2.18. The van der Waals surface area contributed by atoms with E-state index < -0.39 is 36.1 Å². The molecule has 10 heteroatoms. The van der Waals surface area contributed by atoms with Crippen molar-refractivity contribution in [3.63, 3.8) is 0 Å². The zero-order valence-corrected chi connectivity index (χ0v) is 19.5. The first kappa shape index (κ1) is 23.2. The minimum atomic E-state index is -3.75. The molecule has 1 aliphatic heterocycles. The third-order valence-corrected chi connectivity index (χ3v) is 7.60. The van der Waals surface area contributed by atoms with E-state index in [0.717, 1.165) is 18.5 Å². The molecule has 2 saturated carbocycles. The van der Waals surface area contributed by atoms with Crippen LogP contribution in [-0.2, 0) is 22.2 Å². The lowest BCUT2D eigenvalue weighted by molar-refractivity contribution is -0.286. The first-order valence-electron chi connectivity index (χ1n) is 11.9. The average molecular weight is 502 g/mol. The predicted octanol–water partition coefficient (Wildman–Crippen LogP) is 4.18. The molecule has 7 nitrogen and oxygen atoms in total. The van der Waals surface area contributed by atoms with Crippen molar-refractivity contribution in [3.8, 4) is 11.5 Å². The van der Waals surface area contributed by atoms with Gasteiger partial charge in [0, 0.05) is 22.6 Å². The van der Waals surface area contributed by atoms with Crippen molar-refractivity contribution in [1.29, 1.82) is 0 Å². The predicted molar refractivity (Wildman–Crippen MR) is 124 cm³/mol. The Bertz CT molecular complexity index is 1390. The van der Waals surface area contributed by atoms with Crippen molar-refractivity contribution in [2.24, 2.45) is 0 Å². The number of halogens is 3. The number of hydrogen-bond donors (Lipinski definition) is 3. The molecule has 2 aromatic carbocycles. The number of anilines is 1. The number of fused-ring (bicyclic) bond motifs is 2. The minimum absolute atomic E-state index is 0.0124. The van der Waals surface area contributed by atoms with Gasteiger partial charge in [-0.05, 0) is 55.5 Å². The highest BCUT2D eigenvalue weighted by Gasteiger charge is 2.53. The summed E-state index contributed by atoms with van der Waals surface area (Å²) in [6.07, 6.45) is -1.84. The van der Waals surface area contributed by atoms with Gasteiger partial charge in [0.2, 0.25) is 5.91 Å². The molecule has 0 saturated heterocycles. The van der Waals surface area contributed by atoms with Crippen LogP contribution in [0.1, 0.15) is 43.9 Å². The van der Waals surface area contributed by atoms with Crippen molar-refractivity contribution in [1.82, 2.24) is 4.57 Å². The molecule has 6 rings (SSSR count). The van der Waals surface area contributed by atoms with Gasteiger partial charge in [-0.1, -0.05) is 13.0 Å². The van der Waals surface area contributed by atoms with E-state index in [4.69, 9.17) is 0 Å². The van der Waals surface area contributed by atoms with Gasteiger partial charge in [-0.2, -0.15) is 0 Å². The van der Waals surface area contributed by atoms with Crippen LogP contribution in [-0.4, -0.2) is 39.7 Å². The number of rotatable bonds is 7. The lowest BCUT2D eigenvalue weighted by atomic mass is 9.94. The summed E-state index contributed by atoms with van der Waals surface area (Å²) < 4.78 is 52.8. The monoisotopic (exact) mass is 502 g/mol. The van der Waals surface area contributed by atoms with E-state index in [9.17, 15) is 23.8 Å². The second-order valence-corrected chi connectivity index (χ2v) is 10.3. The Morgan fingerprint density at radius 2 is 1.83 bits per heavy atom. The van der Waals surface area contributed by atoms with Crippen molar-refractivity contribution < 1.29 is 37.7 Å². The number of alkyl halides is 2. The molecule has 0 bridgehead atoms. The molecule has 3 N–H and O–H groups in total. The Hall–Kier alpha value is -3.24. The van der Waals surface area contributed by atoms with Crippen LogP contribution in [0.15, 0.2) is 36.4 Å². The zero-order valence-electron chi connectivity index (χ0n) is 19.5. The smallest absolute Gasteiger partial charge is 0.395 e. The number of aliphatic hydroxyl groups is 2. The summed E-state index contributed by atoms with van der Waals surface area (Å²) in [4.78, 5) is 13.3. The molecule has 0 spiro atoms. The quantitative estimate of drug-likeness (QED) is 0.451. The SMILES string of the molecule is CC1(c2cc3cc(NC(=O)C4(c5ccc6c(c5)OC(F)(F)O6)CC4)c(F)cc3n2C[C@H](O)CO)CC1. The van der Waals surface area contributed by atoms with E-state index in [-0.39, 0.29) is 29.1 Å². The molecule has 1 amide bonds. The van der Waals surface area contributed by atoms with Crippen LogP contribution in [0.3, 0.4) is 0 Å². The molecule has 2 aliphatic carbocycles. The van der Waals surface area contributed by atoms with Gasteiger partial charge in [-0.15, -0.1) is 8.78 Å². The summed E-state index contributed by atoms with van der Waals surface area (Å²) in [7, 11) is 0. The van der Waals surface area contributed by atoms with Crippen LogP contribution in [0.4, 0.5) is 18.9 Å². The van der Waals surface area contributed by atoms with Gasteiger partial charge in [0.15, 0.2) is 11.5 Å². The molecule has 36 heavy (non-hydrogen) atoms. The number of nitrogens with zero attached hydrogens (tertiary/aromatic N) is 1. The third-order valence-electron chi connectivity index (χ3n) is 7.60. The van der Waals surface area contributed by atoms with Crippen LogP contribution in [0.2, 0.25) is 0 Å². The van der Waals surface area contributed by atoms with Gasteiger partial charge in [-0.3, -0.25) is 4.79 Å². The minimum Gasteiger partial charge on any atom is -0.395 e. The van der Waals surface area contributed by atoms with Gasteiger partial charge < -0.3 is 29.6 Å². The van der Waals surface area contributed by atoms with E-state index in [0.29, 0.717) is 29.3 Å². The summed E-state index contributed by atoms with van der Waals surface area (Å²) in [6.45, 7) is 1.81. The van der Waals surface area contributed by atoms with Gasteiger partial charge in [0.05, 0.1) is 35.9 Å². The second-order valence-electron chi connectivity index (χ2n) is 10.3. The summed E-state index contributed by atoms with van der Waals surface area (Å²) in [5.74, 6) is -1.32. The maximum Gasteiger partial charge on any atom is 0.586 e. The normalized spacial score (nSPS) is 20.8. The fourth-order valence-electron chi connectivity index (χ4n) is 5.05. The zero-order chi connectivity index (χ0) is 25.5. The van der Waals surface area contributed by atoms with Gasteiger partial charge in [-0.25, -0.2) is 4.39 Å². The highest BCUT2D eigenvalue weighted by Crippen LogP contribution is 2.53. The summed E-state index contributed by atoms with van der Waals surface area (Å²) in [5.41, 5.74) is 0.972. The average Bonchev–Trinajstić information content (AvgIpc) is 3.73. The molecule has 3 aliphatic rings. The lowest BCUT2D eigenvalue weighted by Crippen LogP contribution is -2.28. The standard InChI is InChI=1S/C26H25F3N2O5/c1-24(4-5-24)22-9-14-8-18(17(27)11-19(14)31(22)12-16(33)13-32)30-23(34)25(6-7-25)15-2-3-20-21(10-15)36-26(28,29)35-20/h2-3,8-11,16,32-33H,4-7,12-13H2,1H3,(H,30,34)/t16-/m0/s1. The summed E-state index contributed by atoms with van der Waals surface area (Å²) in [5, 5.41) is 22.8. The number of benzene rings is 2. The number of aromatic nitrogens is 1. The van der Waals surface area contributed by atoms with Crippen molar-refractivity contribution in [2.75, 3.05) is 11.9 Å². The van der Waals surface area contributed by atoms with Crippen molar-refractivity contribution >= 4 is 22.5 Å². The van der Waals surface area contributed by atoms with E-state index >= 15 is 4.39 Å². The van der Waals surface area contributed by atoms with E-state index in [2.05, 4.69) is 21.7 Å². The number of hydrogen-bond acceptors (Lipinski definition) is 5. The number of nitrogens with one attached hydrogen (secondary N) is 1. The van der Waals surface area contributed by atoms with Crippen LogP contribution in [0.25, 0.3) is 10.9 Å². The fraction of sp³-hybridized carbons (Fsp3) is 0.423. The highest BCUT2D eigenvalue weighted by molar-refractivity contribution is 6.03. The Morgan fingerprint density at radius 1 is 1.11 bits per heavy atom. The summed E-state index contributed by atoms with van der Waals surface area (Å²) in [6, 6.07) is 9.09. The molecule has 3 aromatic rings. The second kappa shape index (κ2) is 7.63. The Labute approximate surface area is 204 Å². The molecular formula is C26H25F3N2O5. The van der Waals surface area contributed by atoms with Crippen LogP contribution < -0.4 is 14.8 Å². The van der Waals surface area contributed by atoms with Crippen LogP contribution in [0, 0.1) is 5.82 Å². The first-order chi connectivity index (χ1) is 17.0. The van der Waals surface area contributed by atoms with Gasteiger partial charge in [0.25, 0.3) is 0 Å². The summed E-state index contributed by atoms with van der Waals surface area (Å²) >= 11 is 0. The first-order valence-corrected chi connectivity index (χ1v) is 11.9. The van der Waals surface area contributed by atoms with Crippen molar-refractivity contribution in [2.45, 2.75) is 62.4 Å². The maximum atomic E-state index is 15.2. The molecular weight excluding hydrogens is 477 g/mol. The molecule has 190 valence electrons. The fourth-order valence-corrected chi connectivity index (χ4v) is 5.05. The Kier molecular flexibility index (Phi) is 4.91. The largest absolute Gasteiger partial charge is 0.586 e. The molecule has 0 radical (unpaired) electrons. The van der Waals surface area contributed by atoms with Crippen LogP contribution >= 0.6 is 0 Å². The van der Waals surface area contributed by atoms with E-state index in [1.54, 1.807) is 12.1 Å². The molecule has 1 atom stereocenters. The number of amides is 1. The maximum absolute atomic E-state index is 15.2. The van der Waals surface area contributed by atoms with Gasteiger partial charge >= 0.3 is 6.29 Å². The number of aliphatic hydroxyl groups excluding tert-OH is 2. The van der Waals surface area contributed by atoms with Crippen molar-refractivity contribution in [3.05, 3.63) is 53.5 Å². The Balaban J connectivity index is 1.30.